The molecular weight excluding hydrogens is 324 g/mol. The standard InChI is InChI=1S/C21H28N4O/c1-4-18-7-5-6-12-25(18)20-13-19(23-16(3)24-20)21(26)22-14-17-10-8-15(2)9-11-17/h8-11,13,18H,4-7,12,14H2,1-3H3,(H,22,26). The average molecular weight is 352 g/mol. The van der Waals surface area contributed by atoms with Crippen LogP contribution in [0.15, 0.2) is 30.3 Å². The van der Waals surface area contributed by atoms with Gasteiger partial charge in [-0.15, -0.1) is 0 Å². The largest absolute Gasteiger partial charge is 0.354 e. The lowest BCUT2D eigenvalue weighted by Crippen LogP contribution is -2.40. The Bertz CT molecular complexity index is 757. The summed E-state index contributed by atoms with van der Waals surface area (Å²) < 4.78 is 0. The maximum atomic E-state index is 12.6. The van der Waals surface area contributed by atoms with Crippen LogP contribution in [-0.4, -0.2) is 28.5 Å². The first-order chi connectivity index (χ1) is 12.6. The summed E-state index contributed by atoms with van der Waals surface area (Å²) in [4.78, 5) is 23.9. The van der Waals surface area contributed by atoms with E-state index in [0.717, 1.165) is 24.3 Å². The van der Waals surface area contributed by atoms with Crippen LogP contribution in [0.2, 0.25) is 0 Å². The molecule has 2 aromatic rings. The zero-order valence-corrected chi connectivity index (χ0v) is 16.0. The van der Waals surface area contributed by atoms with E-state index in [1.807, 2.05) is 25.1 Å². The number of nitrogens with one attached hydrogen (secondary N) is 1. The molecule has 1 aliphatic heterocycles. The van der Waals surface area contributed by atoms with Crippen LogP contribution in [0.1, 0.15) is 60.0 Å². The van der Waals surface area contributed by atoms with Crippen LogP contribution in [-0.2, 0) is 6.54 Å². The molecule has 0 spiro atoms. The van der Waals surface area contributed by atoms with Gasteiger partial charge < -0.3 is 10.2 Å². The number of benzene rings is 1. The van der Waals surface area contributed by atoms with Crippen molar-refractivity contribution in [3.05, 3.63) is 53.0 Å². The summed E-state index contributed by atoms with van der Waals surface area (Å²) in [5.41, 5.74) is 2.74. The Labute approximate surface area is 155 Å². The number of nitrogens with zero attached hydrogens (tertiary/aromatic N) is 3. The lowest BCUT2D eigenvalue weighted by Gasteiger charge is -2.36. The maximum absolute atomic E-state index is 12.6. The molecule has 1 unspecified atom stereocenters. The molecule has 0 radical (unpaired) electrons. The monoisotopic (exact) mass is 352 g/mol. The molecule has 2 heterocycles. The Kier molecular flexibility index (Phi) is 5.86. The molecule has 3 rings (SSSR count). The van der Waals surface area contributed by atoms with Gasteiger partial charge in [0.25, 0.3) is 5.91 Å². The van der Waals surface area contributed by atoms with Gasteiger partial charge >= 0.3 is 0 Å². The van der Waals surface area contributed by atoms with Gasteiger partial charge in [0, 0.05) is 25.2 Å². The lowest BCUT2D eigenvalue weighted by atomic mass is 10.00. The minimum absolute atomic E-state index is 0.151. The van der Waals surface area contributed by atoms with Crippen molar-refractivity contribution in [2.75, 3.05) is 11.4 Å². The predicted molar refractivity (Wildman–Crippen MR) is 104 cm³/mol. The third-order valence-electron chi connectivity index (χ3n) is 5.02. The summed E-state index contributed by atoms with van der Waals surface area (Å²) >= 11 is 0. The van der Waals surface area contributed by atoms with Gasteiger partial charge in [-0.2, -0.15) is 0 Å². The van der Waals surface area contributed by atoms with Crippen LogP contribution in [0.25, 0.3) is 0 Å². The van der Waals surface area contributed by atoms with Gasteiger partial charge in [0.1, 0.15) is 17.3 Å². The molecule has 1 aliphatic rings. The van der Waals surface area contributed by atoms with Crippen molar-refractivity contribution in [3.63, 3.8) is 0 Å². The van der Waals surface area contributed by atoms with E-state index in [9.17, 15) is 4.79 Å². The van der Waals surface area contributed by atoms with Crippen molar-refractivity contribution in [3.8, 4) is 0 Å². The van der Waals surface area contributed by atoms with E-state index >= 15 is 0 Å². The highest BCUT2D eigenvalue weighted by molar-refractivity contribution is 5.92. The smallest absolute Gasteiger partial charge is 0.270 e. The number of hydrogen-bond acceptors (Lipinski definition) is 4. The summed E-state index contributed by atoms with van der Waals surface area (Å²) in [5, 5.41) is 2.97. The first kappa shape index (κ1) is 18.4. The molecule has 0 bridgehead atoms. The minimum atomic E-state index is -0.151. The van der Waals surface area contributed by atoms with Crippen LogP contribution < -0.4 is 10.2 Å². The van der Waals surface area contributed by atoms with E-state index in [4.69, 9.17) is 0 Å². The van der Waals surface area contributed by atoms with Crippen molar-refractivity contribution in [2.24, 2.45) is 0 Å². The molecule has 5 nitrogen and oxygen atoms in total. The molecule has 0 aliphatic carbocycles. The summed E-state index contributed by atoms with van der Waals surface area (Å²) in [7, 11) is 0. The molecule has 1 aromatic heterocycles. The Morgan fingerprint density at radius 2 is 1.96 bits per heavy atom. The Morgan fingerprint density at radius 3 is 2.69 bits per heavy atom. The maximum Gasteiger partial charge on any atom is 0.270 e. The predicted octanol–water partition coefficient (Wildman–Crippen LogP) is 3.79. The molecule has 1 aromatic carbocycles. The van der Waals surface area contributed by atoms with Gasteiger partial charge in [0.05, 0.1) is 0 Å². The van der Waals surface area contributed by atoms with Crippen molar-refractivity contribution in [2.45, 2.75) is 59.0 Å². The van der Waals surface area contributed by atoms with Crippen molar-refractivity contribution in [1.29, 1.82) is 0 Å². The number of amides is 1. The highest BCUT2D eigenvalue weighted by Crippen LogP contribution is 2.25. The van der Waals surface area contributed by atoms with Gasteiger partial charge in [0.2, 0.25) is 0 Å². The number of aromatic nitrogens is 2. The molecular formula is C21H28N4O. The second-order valence-corrected chi connectivity index (χ2v) is 7.08. The van der Waals surface area contributed by atoms with Crippen molar-refractivity contribution < 1.29 is 4.79 Å². The van der Waals surface area contributed by atoms with E-state index in [1.165, 1.54) is 24.8 Å². The highest BCUT2D eigenvalue weighted by Gasteiger charge is 2.23. The number of hydrogen-bond donors (Lipinski definition) is 1. The normalized spacial score (nSPS) is 17.2. The summed E-state index contributed by atoms with van der Waals surface area (Å²) in [6, 6.07) is 10.5. The van der Waals surface area contributed by atoms with E-state index in [-0.39, 0.29) is 5.91 Å². The minimum Gasteiger partial charge on any atom is -0.354 e. The molecule has 138 valence electrons. The van der Waals surface area contributed by atoms with Crippen LogP contribution in [0.3, 0.4) is 0 Å². The van der Waals surface area contributed by atoms with Crippen molar-refractivity contribution >= 4 is 11.7 Å². The second kappa shape index (κ2) is 8.30. The molecule has 1 saturated heterocycles. The average Bonchev–Trinajstić information content (AvgIpc) is 2.66. The van der Waals surface area contributed by atoms with E-state index < -0.39 is 0 Å². The van der Waals surface area contributed by atoms with Crippen molar-refractivity contribution in [1.82, 2.24) is 15.3 Å². The fourth-order valence-electron chi connectivity index (χ4n) is 3.52. The number of carbonyl (C=O) groups excluding carboxylic acids is 1. The van der Waals surface area contributed by atoms with Gasteiger partial charge in [-0.1, -0.05) is 36.8 Å². The zero-order valence-electron chi connectivity index (χ0n) is 16.0. The Balaban J connectivity index is 1.73. The van der Waals surface area contributed by atoms with Crippen LogP contribution >= 0.6 is 0 Å². The SMILES string of the molecule is CCC1CCCCN1c1cc(C(=O)NCc2ccc(C)cc2)nc(C)n1. The molecule has 1 atom stereocenters. The highest BCUT2D eigenvalue weighted by atomic mass is 16.1. The van der Waals surface area contributed by atoms with Crippen LogP contribution in [0.5, 0.6) is 0 Å². The van der Waals surface area contributed by atoms with E-state index in [1.54, 1.807) is 0 Å². The lowest BCUT2D eigenvalue weighted by molar-refractivity contribution is 0.0945. The van der Waals surface area contributed by atoms with Crippen LogP contribution in [0, 0.1) is 13.8 Å². The van der Waals surface area contributed by atoms with E-state index in [2.05, 4.69) is 46.2 Å². The zero-order chi connectivity index (χ0) is 18.5. The number of carbonyl (C=O) groups is 1. The third kappa shape index (κ3) is 4.40. The molecule has 1 N–H and O–H groups in total. The Hall–Kier alpha value is -2.43. The van der Waals surface area contributed by atoms with Gasteiger partial charge in [-0.05, 0) is 45.1 Å². The summed E-state index contributed by atoms with van der Waals surface area (Å²) in [6.07, 6.45) is 4.73. The molecule has 1 amide bonds. The number of anilines is 1. The Morgan fingerprint density at radius 1 is 1.19 bits per heavy atom. The van der Waals surface area contributed by atoms with E-state index in [0.29, 0.717) is 24.1 Å². The molecule has 5 heteroatoms. The fraction of sp³-hybridized carbons (Fsp3) is 0.476. The quantitative estimate of drug-likeness (QED) is 0.889. The van der Waals surface area contributed by atoms with Crippen LogP contribution in [0.4, 0.5) is 5.82 Å². The number of rotatable bonds is 5. The molecule has 0 saturated carbocycles. The molecule has 1 fully saturated rings. The van der Waals surface area contributed by atoms with Gasteiger partial charge in [-0.3, -0.25) is 4.79 Å². The fourth-order valence-corrected chi connectivity index (χ4v) is 3.52. The third-order valence-corrected chi connectivity index (χ3v) is 5.02. The van der Waals surface area contributed by atoms with Gasteiger partial charge in [-0.25, -0.2) is 9.97 Å². The number of piperidine rings is 1. The summed E-state index contributed by atoms with van der Waals surface area (Å²) in [6.45, 7) is 7.62. The second-order valence-electron chi connectivity index (χ2n) is 7.08. The summed E-state index contributed by atoms with van der Waals surface area (Å²) in [5.74, 6) is 1.37. The first-order valence-electron chi connectivity index (χ1n) is 9.53. The van der Waals surface area contributed by atoms with Gasteiger partial charge in [0.15, 0.2) is 0 Å². The molecule has 26 heavy (non-hydrogen) atoms. The first-order valence-corrected chi connectivity index (χ1v) is 9.53. The number of aryl methyl sites for hydroxylation is 2. The topological polar surface area (TPSA) is 58.1 Å².